The minimum absolute atomic E-state index is 0.613. The summed E-state index contributed by atoms with van der Waals surface area (Å²) in [7, 11) is 0.979. The molecule has 0 saturated heterocycles. The van der Waals surface area contributed by atoms with Crippen molar-refractivity contribution in [2.45, 2.75) is 59.0 Å². The Balaban J connectivity index is 6.29. The van der Waals surface area contributed by atoms with Crippen molar-refractivity contribution >= 4 is 35.8 Å². The summed E-state index contributed by atoms with van der Waals surface area (Å²) in [5.41, 5.74) is 0. The van der Waals surface area contributed by atoms with E-state index in [0.717, 1.165) is 41.7 Å². The van der Waals surface area contributed by atoms with E-state index in [4.69, 9.17) is 23.7 Å². The summed E-state index contributed by atoms with van der Waals surface area (Å²) in [6, 6.07) is 0. The van der Waals surface area contributed by atoms with E-state index in [1.165, 1.54) is 0 Å². The van der Waals surface area contributed by atoms with Crippen LogP contribution in [0.3, 0.4) is 0 Å². The van der Waals surface area contributed by atoms with Gasteiger partial charge in [-0.25, -0.2) is 4.79 Å². The molecule has 12 nitrogen and oxygen atoms in total. The van der Waals surface area contributed by atoms with Gasteiger partial charge in [0.1, 0.15) is 6.61 Å². The standard InChI is InChI=1S/C17H24O12/c1-8(18)25-7-13(26-9(2)19)14(27-10(3)20)15(28-11(4)21)16(17(23)24-6)29-12(5)22/h13-16H,7H2,1-6H3/t13-,14-,15+,16-/m1/s1. The summed E-state index contributed by atoms with van der Waals surface area (Å²) in [6.07, 6.45) is -6.86. The van der Waals surface area contributed by atoms with Gasteiger partial charge in [0.2, 0.25) is 6.10 Å². The van der Waals surface area contributed by atoms with Crippen LogP contribution in [0.15, 0.2) is 0 Å². The maximum absolute atomic E-state index is 12.1. The monoisotopic (exact) mass is 420 g/mol. The third-order valence-corrected chi connectivity index (χ3v) is 3.09. The van der Waals surface area contributed by atoms with E-state index < -0.39 is 66.8 Å². The predicted octanol–water partition coefficient (Wildman–Crippen LogP) is -0.551. The number of carbonyl (C=O) groups excluding carboxylic acids is 6. The molecule has 0 aromatic heterocycles. The van der Waals surface area contributed by atoms with E-state index in [9.17, 15) is 28.8 Å². The maximum atomic E-state index is 12.1. The fourth-order valence-corrected chi connectivity index (χ4v) is 2.19. The molecule has 0 aliphatic rings. The Morgan fingerprint density at radius 1 is 0.621 bits per heavy atom. The van der Waals surface area contributed by atoms with E-state index in [1.807, 2.05) is 0 Å². The molecule has 0 aromatic carbocycles. The second-order valence-electron chi connectivity index (χ2n) is 5.65. The molecule has 29 heavy (non-hydrogen) atoms. The largest absolute Gasteiger partial charge is 0.466 e. The van der Waals surface area contributed by atoms with Crippen molar-refractivity contribution in [2.75, 3.05) is 13.7 Å². The average molecular weight is 420 g/mol. The van der Waals surface area contributed by atoms with Crippen LogP contribution in [0.25, 0.3) is 0 Å². The van der Waals surface area contributed by atoms with Gasteiger partial charge in [-0.1, -0.05) is 0 Å². The van der Waals surface area contributed by atoms with Gasteiger partial charge >= 0.3 is 35.8 Å². The molecule has 0 fully saturated rings. The fourth-order valence-electron chi connectivity index (χ4n) is 2.19. The second kappa shape index (κ2) is 12.3. The number of rotatable bonds is 10. The third-order valence-electron chi connectivity index (χ3n) is 3.09. The van der Waals surface area contributed by atoms with Gasteiger partial charge in [-0.3, -0.25) is 24.0 Å². The Hall–Kier alpha value is -3.18. The van der Waals surface area contributed by atoms with Gasteiger partial charge in [-0.05, 0) is 0 Å². The van der Waals surface area contributed by atoms with Gasteiger partial charge in [0, 0.05) is 34.6 Å². The topological polar surface area (TPSA) is 158 Å². The first-order valence-corrected chi connectivity index (χ1v) is 8.29. The number of hydrogen-bond donors (Lipinski definition) is 0. The summed E-state index contributed by atoms with van der Waals surface area (Å²) >= 11 is 0. The highest BCUT2D eigenvalue weighted by Crippen LogP contribution is 2.21. The zero-order chi connectivity index (χ0) is 22.7. The fraction of sp³-hybridized carbons (Fsp3) is 0.647. The van der Waals surface area contributed by atoms with Gasteiger partial charge in [0.05, 0.1) is 7.11 Å². The van der Waals surface area contributed by atoms with Gasteiger partial charge in [-0.2, -0.15) is 0 Å². The van der Waals surface area contributed by atoms with Crippen LogP contribution in [0.5, 0.6) is 0 Å². The lowest BCUT2D eigenvalue weighted by molar-refractivity contribution is -0.207. The molecule has 0 heterocycles. The summed E-state index contributed by atoms with van der Waals surface area (Å²) in [5.74, 6) is -5.55. The number of hydrogen-bond acceptors (Lipinski definition) is 12. The molecule has 0 unspecified atom stereocenters. The van der Waals surface area contributed by atoms with Crippen LogP contribution in [0.4, 0.5) is 0 Å². The van der Waals surface area contributed by atoms with E-state index in [2.05, 4.69) is 4.74 Å². The van der Waals surface area contributed by atoms with Crippen molar-refractivity contribution in [1.82, 2.24) is 0 Å². The van der Waals surface area contributed by atoms with E-state index in [1.54, 1.807) is 0 Å². The Morgan fingerprint density at radius 2 is 1.07 bits per heavy atom. The molecule has 0 radical (unpaired) electrons. The molecule has 0 aliphatic carbocycles. The van der Waals surface area contributed by atoms with Crippen LogP contribution in [-0.2, 0) is 57.2 Å². The molecule has 0 spiro atoms. The third kappa shape index (κ3) is 10.1. The summed E-state index contributed by atoms with van der Waals surface area (Å²) in [6.45, 7) is 4.44. The summed E-state index contributed by atoms with van der Waals surface area (Å²) < 4.78 is 29.4. The highest BCUT2D eigenvalue weighted by molar-refractivity contribution is 5.80. The normalized spacial score (nSPS) is 14.3. The van der Waals surface area contributed by atoms with Crippen LogP contribution >= 0.6 is 0 Å². The smallest absolute Gasteiger partial charge is 0.351 e. The SMILES string of the molecule is COC(=O)[C@H](OC(C)=O)[C@@H](OC(C)=O)[C@H](OC(C)=O)[C@@H](COC(C)=O)OC(C)=O. The van der Waals surface area contributed by atoms with Crippen molar-refractivity contribution in [3.8, 4) is 0 Å². The van der Waals surface area contributed by atoms with Crippen LogP contribution < -0.4 is 0 Å². The van der Waals surface area contributed by atoms with Crippen molar-refractivity contribution in [3.05, 3.63) is 0 Å². The highest BCUT2D eigenvalue weighted by Gasteiger charge is 2.47. The summed E-state index contributed by atoms with van der Waals surface area (Å²) in [5, 5.41) is 0. The second-order valence-corrected chi connectivity index (χ2v) is 5.65. The number of methoxy groups -OCH3 is 1. The molecule has 12 heteroatoms. The molecular formula is C17H24O12. The molecular weight excluding hydrogens is 396 g/mol. The quantitative estimate of drug-likeness (QED) is 0.328. The van der Waals surface area contributed by atoms with Crippen molar-refractivity contribution in [3.63, 3.8) is 0 Å². The number of ether oxygens (including phenoxy) is 6. The molecule has 4 atom stereocenters. The summed E-state index contributed by atoms with van der Waals surface area (Å²) in [4.78, 5) is 69.5. The van der Waals surface area contributed by atoms with Crippen LogP contribution in [0, 0.1) is 0 Å². The van der Waals surface area contributed by atoms with E-state index >= 15 is 0 Å². The molecule has 0 rings (SSSR count). The minimum atomic E-state index is -1.87. The minimum Gasteiger partial charge on any atom is -0.466 e. The maximum Gasteiger partial charge on any atom is 0.351 e. The highest BCUT2D eigenvalue weighted by atomic mass is 16.6. The first kappa shape index (κ1) is 25.8. The average Bonchev–Trinajstić information content (AvgIpc) is 2.58. The zero-order valence-corrected chi connectivity index (χ0v) is 16.9. The Kier molecular flexibility index (Phi) is 11.0. The predicted molar refractivity (Wildman–Crippen MR) is 90.9 cm³/mol. The molecule has 0 saturated carbocycles. The molecule has 164 valence electrons. The number of esters is 6. The first-order chi connectivity index (χ1) is 13.4. The molecule has 0 aliphatic heterocycles. The van der Waals surface area contributed by atoms with Crippen LogP contribution in [-0.4, -0.2) is 73.9 Å². The Morgan fingerprint density at radius 3 is 1.45 bits per heavy atom. The lowest BCUT2D eigenvalue weighted by Gasteiger charge is -2.34. The zero-order valence-electron chi connectivity index (χ0n) is 16.9. The van der Waals surface area contributed by atoms with Crippen molar-refractivity contribution in [2.24, 2.45) is 0 Å². The van der Waals surface area contributed by atoms with E-state index in [0.29, 0.717) is 0 Å². The van der Waals surface area contributed by atoms with Gasteiger partial charge in [0.25, 0.3) is 0 Å². The lowest BCUT2D eigenvalue weighted by Crippen LogP contribution is -2.55. The van der Waals surface area contributed by atoms with Crippen LogP contribution in [0.1, 0.15) is 34.6 Å². The number of carbonyl (C=O) groups is 6. The lowest BCUT2D eigenvalue weighted by atomic mass is 10.0. The first-order valence-electron chi connectivity index (χ1n) is 8.29. The Labute approximate surface area is 166 Å². The van der Waals surface area contributed by atoms with Crippen molar-refractivity contribution < 1.29 is 57.2 Å². The van der Waals surface area contributed by atoms with Crippen molar-refractivity contribution in [1.29, 1.82) is 0 Å². The van der Waals surface area contributed by atoms with Gasteiger partial charge in [0.15, 0.2) is 18.3 Å². The molecule has 0 N–H and O–H groups in total. The molecule has 0 aromatic rings. The van der Waals surface area contributed by atoms with Gasteiger partial charge in [-0.15, -0.1) is 0 Å². The Bertz CT molecular complexity index is 640. The molecule has 0 bridgehead atoms. The van der Waals surface area contributed by atoms with E-state index in [-0.39, 0.29) is 0 Å². The van der Waals surface area contributed by atoms with Crippen LogP contribution in [0.2, 0.25) is 0 Å². The van der Waals surface area contributed by atoms with Gasteiger partial charge < -0.3 is 28.4 Å². The molecule has 0 amide bonds.